The summed E-state index contributed by atoms with van der Waals surface area (Å²) in [6.07, 6.45) is -11.6. The highest BCUT2D eigenvalue weighted by Gasteiger charge is 2.52. The maximum absolute atomic E-state index is 14.1. The standard InChI is InChI=1S/C31H27F6N5O6/c1-14-13-44-9-8-19(14)42-20-7-6-15(48-31(35,36)37)10-18(20)38-29(42)45-16-11-21(24-27(43)47-24)41(12-16)26-25-23(39-28(40-26)30(32,33)34)17-4-2-3-5-22(17)46-25/h2-7,10,14,16,19,21,24,27,43H,8-9,11-13H2,1H3/t14-,16-,19-,21-,24?,27?/m0/s1. The lowest BCUT2D eigenvalue weighted by Gasteiger charge is -2.31. The molecule has 5 aromatic rings. The fourth-order valence-electron chi connectivity index (χ4n) is 6.82. The molecule has 3 aliphatic rings. The molecule has 17 heteroatoms. The highest BCUT2D eigenvalue weighted by molar-refractivity contribution is 6.05. The topological polar surface area (TPSA) is 120 Å². The lowest BCUT2D eigenvalue weighted by molar-refractivity contribution is -0.274. The molecular weight excluding hydrogens is 652 g/mol. The Morgan fingerprint density at radius 1 is 1.00 bits per heavy atom. The molecule has 8 rings (SSSR count). The lowest BCUT2D eigenvalue weighted by atomic mass is 9.97. The zero-order valence-corrected chi connectivity index (χ0v) is 25.0. The van der Waals surface area contributed by atoms with E-state index in [1.807, 2.05) is 11.5 Å². The van der Waals surface area contributed by atoms with Crippen LogP contribution in [-0.2, 0) is 15.7 Å². The summed E-state index contributed by atoms with van der Waals surface area (Å²) in [5.74, 6) is -1.94. The van der Waals surface area contributed by atoms with Crippen molar-refractivity contribution in [2.24, 2.45) is 5.92 Å². The van der Waals surface area contributed by atoms with Gasteiger partial charge in [-0.05, 0) is 30.7 Å². The number of hydrogen-bond donors (Lipinski definition) is 1. The molecule has 0 radical (unpaired) electrons. The van der Waals surface area contributed by atoms with Crippen LogP contribution in [0.25, 0.3) is 33.1 Å². The molecular formula is C31H27F6N5O6. The minimum atomic E-state index is -4.90. The fourth-order valence-corrected chi connectivity index (χ4v) is 6.82. The second-order valence-electron chi connectivity index (χ2n) is 12.2. The Balaban J connectivity index is 1.20. The molecule has 0 saturated carbocycles. The summed E-state index contributed by atoms with van der Waals surface area (Å²) in [6.45, 7) is 2.86. The van der Waals surface area contributed by atoms with Gasteiger partial charge in [-0.25, -0.2) is 9.97 Å². The van der Waals surface area contributed by atoms with Crippen molar-refractivity contribution < 1.29 is 54.8 Å². The Bertz CT molecular complexity index is 2010. The maximum atomic E-state index is 14.1. The Labute approximate surface area is 266 Å². The van der Waals surface area contributed by atoms with Gasteiger partial charge in [0, 0.05) is 36.4 Å². The number of epoxide rings is 1. The van der Waals surface area contributed by atoms with E-state index in [1.54, 1.807) is 29.2 Å². The van der Waals surface area contributed by atoms with Crippen molar-refractivity contribution >= 4 is 38.9 Å². The van der Waals surface area contributed by atoms with Gasteiger partial charge in [-0.1, -0.05) is 19.1 Å². The highest BCUT2D eigenvalue weighted by Crippen LogP contribution is 2.43. The number of nitrogens with zero attached hydrogens (tertiary/aromatic N) is 5. The van der Waals surface area contributed by atoms with Gasteiger partial charge in [0.1, 0.15) is 29.1 Å². The lowest BCUT2D eigenvalue weighted by Crippen LogP contribution is -2.36. The van der Waals surface area contributed by atoms with Gasteiger partial charge in [0.15, 0.2) is 17.7 Å². The molecule has 3 fully saturated rings. The zero-order chi connectivity index (χ0) is 33.5. The number of para-hydroxylation sites is 1. The van der Waals surface area contributed by atoms with Gasteiger partial charge >= 0.3 is 12.5 Å². The maximum Gasteiger partial charge on any atom is 0.573 e. The van der Waals surface area contributed by atoms with Gasteiger partial charge in [0.2, 0.25) is 5.82 Å². The van der Waals surface area contributed by atoms with Crippen LogP contribution in [0.3, 0.4) is 0 Å². The minimum Gasteiger partial charge on any atom is -0.459 e. The van der Waals surface area contributed by atoms with Crippen molar-refractivity contribution in [1.82, 2.24) is 19.5 Å². The first-order valence-electron chi connectivity index (χ1n) is 15.2. The zero-order valence-electron chi connectivity index (χ0n) is 25.0. The van der Waals surface area contributed by atoms with E-state index in [0.717, 1.165) is 0 Å². The Hall–Kier alpha value is -4.35. The second-order valence-corrected chi connectivity index (χ2v) is 12.2. The number of aliphatic hydroxyl groups is 1. The number of furan rings is 1. The summed E-state index contributed by atoms with van der Waals surface area (Å²) in [5, 5.41) is 10.6. The molecule has 11 nitrogen and oxygen atoms in total. The van der Waals surface area contributed by atoms with Crippen LogP contribution in [0.1, 0.15) is 31.6 Å². The summed E-state index contributed by atoms with van der Waals surface area (Å²) in [7, 11) is 0. The smallest absolute Gasteiger partial charge is 0.459 e. The van der Waals surface area contributed by atoms with Gasteiger partial charge < -0.3 is 33.4 Å². The second kappa shape index (κ2) is 11.1. The predicted molar refractivity (Wildman–Crippen MR) is 155 cm³/mol. The van der Waals surface area contributed by atoms with Crippen LogP contribution in [-0.4, -0.2) is 75.3 Å². The molecule has 2 unspecified atom stereocenters. The number of fused-ring (bicyclic) bond motifs is 4. The Morgan fingerprint density at radius 3 is 2.52 bits per heavy atom. The van der Waals surface area contributed by atoms with E-state index in [1.165, 1.54) is 18.2 Å². The first-order chi connectivity index (χ1) is 22.8. The van der Waals surface area contributed by atoms with E-state index < -0.39 is 48.7 Å². The number of aliphatic hydroxyl groups excluding tert-OH is 1. The number of anilines is 1. The third-order valence-corrected chi connectivity index (χ3v) is 8.97. The Kier molecular flexibility index (Phi) is 7.16. The predicted octanol–water partition coefficient (Wildman–Crippen LogP) is 5.98. The first-order valence-corrected chi connectivity index (χ1v) is 15.2. The number of benzene rings is 2. The normalized spacial score (nSPS) is 26.5. The van der Waals surface area contributed by atoms with E-state index in [-0.39, 0.29) is 53.4 Å². The monoisotopic (exact) mass is 679 g/mol. The van der Waals surface area contributed by atoms with Crippen LogP contribution >= 0.6 is 0 Å². The minimum absolute atomic E-state index is 0.00406. The van der Waals surface area contributed by atoms with Gasteiger partial charge in [0.05, 0.1) is 30.2 Å². The molecule has 0 bridgehead atoms. The molecule has 6 atom stereocenters. The molecule has 254 valence electrons. The molecule has 0 spiro atoms. The molecule has 6 heterocycles. The third-order valence-electron chi connectivity index (χ3n) is 8.97. The molecule has 2 aromatic carbocycles. The van der Waals surface area contributed by atoms with Gasteiger partial charge in [0.25, 0.3) is 6.01 Å². The molecule has 0 aliphatic carbocycles. The molecule has 3 saturated heterocycles. The van der Waals surface area contributed by atoms with E-state index in [9.17, 15) is 31.4 Å². The summed E-state index contributed by atoms with van der Waals surface area (Å²) >= 11 is 0. The van der Waals surface area contributed by atoms with Crippen molar-refractivity contribution in [2.45, 2.75) is 62.9 Å². The van der Waals surface area contributed by atoms with Crippen molar-refractivity contribution in [3.63, 3.8) is 0 Å². The number of aromatic nitrogens is 4. The summed E-state index contributed by atoms with van der Waals surface area (Å²) in [4.78, 5) is 13.8. The SMILES string of the molecule is C[C@H]1COCC[C@@H]1n1c(O[C@H]2C[C@@H](C3OC3O)N(c3nc(C(F)(F)F)nc4c3oc3ccccc34)C2)nc2cc(OC(F)(F)F)ccc21. The molecule has 1 N–H and O–H groups in total. The third kappa shape index (κ3) is 5.52. The summed E-state index contributed by atoms with van der Waals surface area (Å²) in [5.41, 5.74) is 1.05. The number of hydrogen-bond acceptors (Lipinski definition) is 10. The van der Waals surface area contributed by atoms with Crippen LogP contribution in [0.15, 0.2) is 46.9 Å². The van der Waals surface area contributed by atoms with Crippen molar-refractivity contribution in [2.75, 3.05) is 24.7 Å². The highest BCUT2D eigenvalue weighted by atomic mass is 19.4. The quantitative estimate of drug-likeness (QED) is 0.170. The fraction of sp³-hybridized carbons (Fsp3) is 0.452. The number of rotatable bonds is 6. The van der Waals surface area contributed by atoms with Crippen LogP contribution in [0.4, 0.5) is 32.2 Å². The van der Waals surface area contributed by atoms with Crippen LogP contribution < -0.4 is 14.4 Å². The number of ether oxygens (including phenoxy) is 4. The molecule has 3 aromatic heterocycles. The van der Waals surface area contributed by atoms with Gasteiger partial charge in [-0.15, -0.1) is 13.2 Å². The van der Waals surface area contributed by atoms with Gasteiger partial charge in [-0.2, -0.15) is 18.2 Å². The average Bonchev–Trinajstić information content (AvgIpc) is 3.33. The van der Waals surface area contributed by atoms with Crippen molar-refractivity contribution in [3.8, 4) is 11.8 Å². The van der Waals surface area contributed by atoms with Crippen molar-refractivity contribution in [3.05, 3.63) is 48.3 Å². The Morgan fingerprint density at radius 2 is 1.79 bits per heavy atom. The number of imidazole rings is 1. The molecule has 48 heavy (non-hydrogen) atoms. The van der Waals surface area contributed by atoms with E-state index in [4.69, 9.17) is 18.6 Å². The van der Waals surface area contributed by atoms with E-state index >= 15 is 0 Å². The van der Waals surface area contributed by atoms with Crippen LogP contribution in [0.2, 0.25) is 0 Å². The summed E-state index contributed by atoms with van der Waals surface area (Å²) in [6, 6.07) is 9.67. The molecule has 3 aliphatic heterocycles. The molecule has 0 amide bonds. The van der Waals surface area contributed by atoms with E-state index in [0.29, 0.717) is 36.1 Å². The van der Waals surface area contributed by atoms with Crippen LogP contribution in [0.5, 0.6) is 11.8 Å². The van der Waals surface area contributed by atoms with Crippen molar-refractivity contribution in [1.29, 1.82) is 0 Å². The van der Waals surface area contributed by atoms with E-state index in [2.05, 4.69) is 19.7 Å². The first kappa shape index (κ1) is 31.0. The van der Waals surface area contributed by atoms with Crippen LogP contribution in [0, 0.1) is 5.92 Å². The summed E-state index contributed by atoms with van der Waals surface area (Å²) < 4.78 is 111. The van der Waals surface area contributed by atoms with Gasteiger partial charge in [-0.3, -0.25) is 4.57 Å². The number of halogens is 6. The number of alkyl halides is 6. The average molecular weight is 680 g/mol. The largest absolute Gasteiger partial charge is 0.573 e.